The first-order chi connectivity index (χ1) is 20.6. The Morgan fingerprint density at radius 2 is 1.88 bits per heavy atom. The summed E-state index contributed by atoms with van der Waals surface area (Å²) in [4.78, 5) is 56.6. The number of hydrogen-bond acceptors (Lipinski definition) is 7. The quantitative estimate of drug-likeness (QED) is 0.340. The molecule has 2 heterocycles. The van der Waals surface area contributed by atoms with Crippen LogP contribution in [0.15, 0.2) is 36.5 Å². The zero-order valence-electron chi connectivity index (χ0n) is 25.3. The Hall–Kier alpha value is -4.19. The van der Waals surface area contributed by atoms with Crippen LogP contribution < -0.4 is 20.4 Å². The highest BCUT2D eigenvalue weighted by Crippen LogP contribution is 2.37. The number of pyridine rings is 1. The van der Waals surface area contributed by atoms with Gasteiger partial charge in [-0.2, -0.15) is 5.01 Å². The molecule has 232 valence electrons. The predicted molar refractivity (Wildman–Crippen MR) is 163 cm³/mol. The molecule has 4 amide bonds. The molecule has 2 fully saturated rings. The molecular formula is C31H42N6O6. The number of carbonyl (C=O) groups is 4. The van der Waals surface area contributed by atoms with E-state index >= 15 is 0 Å². The summed E-state index contributed by atoms with van der Waals surface area (Å²) in [5, 5.41) is 18.0. The molecule has 4 rings (SSSR count). The fraction of sp³-hybridized carbons (Fsp3) is 0.516. The van der Waals surface area contributed by atoms with Crippen molar-refractivity contribution in [1.29, 1.82) is 0 Å². The van der Waals surface area contributed by atoms with Crippen LogP contribution in [0.4, 0.5) is 22.0 Å². The SMILES string of the molecule is COc1cc(N(C(C)=O)N2CCN(CCC(=O)O)C(=O)C2CC(C)C)ccc1NC(=O)Nc1ncccc1C1CCCC1. The first-order valence-corrected chi connectivity index (χ1v) is 14.9. The second kappa shape index (κ2) is 14.3. The largest absolute Gasteiger partial charge is 0.494 e. The highest BCUT2D eigenvalue weighted by Gasteiger charge is 2.39. The van der Waals surface area contributed by atoms with Crippen molar-refractivity contribution in [2.75, 3.05) is 42.4 Å². The lowest BCUT2D eigenvalue weighted by Gasteiger charge is -2.45. The number of nitrogens with zero attached hydrogens (tertiary/aromatic N) is 4. The summed E-state index contributed by atoms with van der Waals surface area (Å²) in [6.45, 7) is 6.17. The number of carboxylic acids is 1. The summed E-state index contributed by atoms with van der Waals surface area (Å²) in [5.41, 5.74) is 1.91. The number of aromatic nitrogens is 1. The molecule has 2 aromatic rings. The molecular weight excluding hydrogens is 552 g/mol. The van der Waals surface area contributed by atoms with Gasteiger partial charge in [0, 0.05) is 38.8 Å². The van der Waals surface area contributed by atoms with Crippen molar-refractivity contribution in [2.24, 2.45) is 5.92 Å². The van der Waals surface area contributed by atoms with Gasteiger partial charge in [0.05, 0.1) is 24.9 Å². The third-order valence-corrected chi connectivity index (χ3v) is 7.94. The molecule has 1 unspecified atom stereocenters. The van der Waals surface area contributed by atoms with Crippen molar-refractivity contribution >= 4 is 41.0 Å². The smallest absolute Gasteiger partial charge is 0.324 e. The fourth-order valence-electron chi connectivity index (χ4n) is 5.96. The summed E-state index contributed by atoms with van der Waals surface area (Å²) in [6, 6.07) is 7.78. The average molecular weight is 595 g/mol. The minimum atomic E-state index is -0.968. The maximum absolute atomic E-state index is 13.5. The van der Waals surface area contributed by atoms with Gasteiger partial charge in [-0.1, -0.05) is 32.8 Å². The Bertz CT molecular complexity index is 1330. The molecule has 12 heteroatoms. The Morgan fingerprint density at radius 1 is 1.14 bits per heavy atom. The molecule has 0 bridgehead atoms. The zero-order valence-corrected chi connectivity index (χ0v) is 25.3. The Kier molecular flexibility index (Phi) is 10.6. The van der Waals surface area contributed by atoms with E-state index in [0.29, 0.717) is 41.8 Å². The van der Waals surface area contributed by atoms with Crippen molar-refractivity contribution < 1.29 is 29.0 Å². The van der Waals surface area contributed by atoms with E-state index in [-0.39, 0.29) is 37.2 Å². The van der Waals surface area contributed by atoms with E-state index < -0.39 is 18.0 Å². The van der Waals surface area contributed by atoms with Crippen molar-refractivity contribution in [2.45, 2.75) is 71.3 Å². The monoisotopic (exact) mass is 594 g/mol. The van der Waals surface area contributed by atoms with Gasteiger partial charge in [0.15, 0.2) is 0 Å². The number of carboxylic acid groups (broad SMARTS) is 1. The Morgan fingerprint density at radius 3 is 2.53 bits per heavy atom. The minimum Gasteiger partial charge on any atom is -0.494 e. The number of methoxy groups -OCH3 is 1. The number of ether oxygens (including phenoxy) is 1. The van der Waals surface area contributed by atoms with Crippen LogP contribution in [0.3, 0.4) is 0 Å². The molecule has 12 nitrogen and oxygen atoms in total. The van der Waals surface area contributed by atoms with Crippen molar-refractivity contribution in [3.63, 3.8) is 0 Å². The summed E-state index contributed by atoms with van der Waals surface area (Å²) < 4.78 is 5.60. The normalized spacial score (nSPS) is 17.7. The van der Waals surface area contributed by atoms with Gasteiger partial charge in [-0.15, -0.1) is 0 Å². The van der Waals surface area contributed by atoms with Gasteiger partial charge in [0.2, 0.25) is 11.8 Å². The van der Waals surface area contributed by atoms with Crippen LogP contribution in [0.5, 0.6) is 5.75 Å². The highest BCUT2D eigenvalue weighted by atomic mass is 16.5. The maximum Gasteiger partial charge on any atom is 0.324 e. The van der Waals surface area contributed by atoms with Crippen molar-refractivity contribution in [3.8, 4) is 5.75 Å². The molecule has 1 aliphatic carbocycles. The number of nitrogens with one attached hydrogen (secondary N) is 2. The Balaban J connectivity index is 1.54. The number of piperazine rings is 1. The number of urea groups is 1. The average Bonchev–Trinajstić information content (AvgIpc) is 3.50. The lowest BCUT2D eigenvalue weighted by molar-refractivity contribution is -0.145. The molecule has 1 saturated carbocycles. The molecule has 2 aliphatic rings. The lowest BCUT2D eigenvalue weighted by atomic mass is 9.98. The van der Waals surface area contributed by atoms with E-state index in [1.54, 1.807) is 34.3 Å². The molecule has 1 atom stereocenters. The van der Waals surface area contributed by atoms with E-state index in [1.807, 2.05) is 26.0 Å². The maximum atomic E-state index is 13.5. The van der Waals surface area contributed by atoms with Gasteiger partial charge in [0.25, 0.3) is 0 Å². The van der Waals surface area contributed by atoms with Crippen LogP contribution in [-0.2, 0) is 14.4 Å². The molecule has 1 aromatic carbocycles. The molecule has 1 saturated heterocycles. The number of anilines is 3. The van der Waals surface area contributed by atoms with Crippen LogP contribution >= 0.6 is 0 Å². The molecule has 3 N–H and O–H groups in total. The number of hydrazine groups is 1. The van der Waals surface area contributed by atoms with E-state index in [4.69, 9.17) is 9.84 Å². The second-order valence-electron chi connectivity index (χ2n) is 11.5. The second-order valence-corrected chi connectivity index (χ2v) is 11.5. The van der Waals surface area contributed by atoms with Crippen molar-refractivity contribution in [1.82, 2.24) is 14.9 Å². The van der Waals surface area contributed by atoms with Gasteiger partial charge < -0.3 is 20.1 Å². The van der Waals surface area contributed by atoms with Crippen LogP contribution in [0.1, 0.15) is 70.8 Å². The van der Waals surface area contributed by atoms with Gasteiger partial charge >= 0.3 is 12.0 Å². The van der Waals surface area contributed by atoms with E-state index in [2.05, 4.69) is 15.6 Å². The van der Waals surface area contributed by atoms with Crippen LogP contribution in [0, 0.1) is 5.92 Å². The van der Waals surface area contributed by atoms with E-state index in [0.717, 1.165) is 18.4 Å². The highest BCUT2D eigenvalue weighted by molar-refractivity contribution is 6.01. The minimum absolute atomic E-state index is 0.119. The third-order valence-electron chi connectivity index (χ3n) is 7.94. The summed E-state index contributed by atoms with van der Waals surface area (Å²) in [7, 11) is 1.48. The predicted octanol–water partition coefficient (Wildman–Crippen LogP) is 4.69. The summed E-state index contributed by atoms with van der Waals surface area (Å²) >= 11 is 0. The molecule has 1 aliphatic heterocycles. The standard InChI is InChI=1S/C31H42N6O6/c1-20(2)18-26-30(41)35(15-13-28(39)40)16-17-36(26)37(21(3)38)23-11-12-25(27(19-23)43-4)33-31(42)34-29-24(10-7-14-32-29)22-8-5-6-9-22/h7,10-12,14,19-20,22,26H,5-6,8-9,13,15-18H2,1-4H3,(H,39,40)(H2,32,33,34,42). The summed E-state index contributed by atoms with van der Waals surface area (Å²) in [6.07, 6.45) is 6.48. The van der Waals surface area contributed by atoms with E-state index in [1.165, 1.54) is 31.9 Å². The molecule has 43 heavy (non-hydrogen) atoms. The van der Waals surface area contributed by atoms with Crippen LogP contribution in [-0.4, -0.2) is 76.6 Å². The van der Waals surface area contributed by atoms with Crippen LogP contribution in [0.25, 0.3) is 0 Å². The number of benzene rings is 1. The van der Waals surface area contributed by atoms with Gasteiger partial charge in [-0.25, -0.2) is 14.8 Å². The van der Waals surface area contributed by atoms with E-state index in [9.17, 15) is 19.2 Å². The van der Waals surface area contributed by atoms with Gasteiger partial charge in [-0.3, -0.25) is 19.7 Å². The Labute approximate surface area is 252 Å². The van der Waals surface area contributed by atoms with Gasteiger partial charge in [0.1, 0.15) is 17.6 Å². The number of aliphatic carboxylic acids is 1. The number of carbonyl (C=O) groups excluding carboxylic acids is 3. The van der Waals surface area contributed by atoms with Crippen molar-refractivity contribution in [3.05, 3.63) is 42.1 Å². The zero-order chi connectivity index (χ0) is 31.1. The first kappa shape index (κ1) is 31.7. The third kappa shape index (κ3) is 7.81. The molecule has 0 spiro atoms. The first-order valence-electron chi connectivity index (χ1n) is 14.9. The number of hydrogen-bond donors (Lipinski definition) is 3. The molecule has 1 aromatic heterocycles. The topological polar surface area (TPSA) is 144 Å². The molecule has 0 radical (unpaired) electrons. The lowest BCUT2D eigenvalue weighted by Crippen LogP contribution is -2.63. The summed E-state index contributed by atoms with van der Waals surface area (Å²) in [5.74, 6) is -0.0731. The van der Waals surface area contributed by atoms with Gasteiger partial charge in [-0.05, 0) is 54.9 Å². The number of rotatable bonds is 11. The number of amides is 4. The van der Waals surface area contributed by atoms with Crippen LogP contribution in [0.2, 0.25) is 0 Å². The fourth-order valence-corrected chi connectivity index (χ4v) is 5.96.